The number of carbonyl (C=O) groups excluding carboxylic acids is 1. The number of rotatable bonds is 7. The molecule has 1 fully saturated rings. The molecule has 1 heterocycles. The molecule has 11 heteroatoms. The van der Waals surface area contributed by atoms with E-state index in [1.807, 2.05) is 0 Å². The number of carboxylic acids is 1. The third-order valence-corrected chi connectivity index (χ3v) is 5.23. The minimum Gasteiger partial charge on any atom is -0.479 e. The molecule has 2 aromatic carbocycles. The van der Waals surface area contributed by atoms with Crippen molar-refractivity contribution in [3.63, 3.8) is 0 Å². The molecular weight excluding hydrogens is 430 g/mol. The zero-order chi connectivity index (χ0) is 21.8. The number of ether oxygens (including phenoxy) is 1. The molecule has 1 unspecified atom stereocenters. The summed E-state index contributed by atoms with van der Waals surface area (Å²) >= 11 is 6.35. The summed E-state index contributed by atoms with van der Waals surface area (Å²) in [5, 5.41) is 20.9. The van der Waals surface area contributed by atoms with Gasteiger partial charge < -0.3 is 9.84 Å². The molecule has 1 aliphatic heterocycles. The molecule has 30 heavy (non-hydrogen) atoms. The second-order valence-electron chi connectivity index (χ2n) is 6.10. The minimum atomic E-state index is -1.08. The van der Waals surface area contributed by atoms with Crippen LogP contribution < -0.4 is 10.2 Å². The van der Waals surface area contributed by atoms with Gasteiger partial charge in [0.25, 0.3) is 11.6 Å². The Hall–Kier alpha value is -3.44. The van der Waals surface area contributed by atoms with Gasteiger partial charge in [0.15, 0.2) is 10.4 Å². The topological polar surface area (TPSA) is 122 Å². The highest BCUT2D eigenvalue weighted by molar-refractivity contribution is 8.26. The first-order valence-electron chi connectivity index (χ1n) is 8.53. The number of amides is 1. The molecule has 1 amide bonds. The predicted molar refractivity (Wildman–Crippen MR) is 116 cm³/mol. The average molecular weight is 445 g/mol. The van der Waals surface area contributed by atoms with E-state index in [1.54, 1.807) is 30.3 Å². The van der Waals surface area contributed by atoms with Crippen molar-refractivity contribution in [2.75, 3.05) is 5.43 Å². The van der Waals surface area contributed by atoms with Gasteiger partial charge in [-0.15, -0.1) is 0 Å². The lowest BCUT2D eigenvalue weighted by atomic mass is 10.2. The number of non-ortho nitro benzene ring substituents is 1. The summed E-state index contributed by atoms with van der Waals surface area (Å²) in [4.78, 5) is 34.3. The number of thioether (sulfide) groups is 1. The Bertz CT molecular complexity index is 1050. The molecule has 0 radical (unpaired) electrons. The number of carbonyl (C=O) groups is 2. The fraction of sp³-hybridized carbons (Fsp3) is 0.105. The highest BCUT2D eigenvalue weighted by atomic mass is 32.2. The van der Waals surface area contributed by atoms with Crippen molar-refractivity contribution in [2.45, 2.75) is 13.0 Å². The number of hydrogen-bond acceptors (Lipinski definition) is 8. The number of benzene rings is 2. The Balaban J connectivity index is 1.74. The minimum absolute atomic E-state index is 0.0647. The summed E-state index contributed by atoms with van der Waals surface area (Å²) in [6, 6.07) is 12.3. The normalized spacial score (nSPS) is 15.9. The van der Waals surface area contributed by atoms with Gasteiger partial charge in [-0.05, 0) is 55.0 Å². The largest absolute Gasteiger partial charge is 0.479 e. The Kier molecular flexibility index (Phi) is 6.33. The molecule has 1 atom stereocenters. The lowest BCUT2D eigenvalue weighted by Crippen LogP contribution is -2.33. The molecule has 0 aliphatic carbocycles. The standard InChI is InChI=1S/C19H15N3O6S2/c1-11(18(24)25)28-15-4-2-3-12(9-15)10-16-17(23)21(19(29)30-16)20-13-5-7-14(8-6-13)22(26)27/h2-11,20H,1H3,(H,24,25)/b16-10+. The number of nitrogens with zero attached hydrogens (tertiary/aromatic N) is 2. The fourth-order valence-corrected chi connectivity index (χ4v) is 3.61. The number of nitro groups is 1. The highest BCUT2D eigenvalue weighted by Gasteiger charge is 2.32. The number of hydrazine groups is 1. The smallest absolute Gasteiger partial charge is 0.344 e. The van der Waals surface area contributed by atoms with Crippen LogP contribution in [0.15, 0.2) is 53.4 Å². The van der Waals surface area contributed by atoms with E-state index in [0.717, 1.165) is 11.8 Å². The molecule has 0 aromatic heterocycles. The molecule has 0 bridgehead atoms. The molecule has 1 aliphatic rings. The third-order valence-electron chi connectivity index (χ3n) is 3.93. The van der Waals surface area contributed by atoms with Crippen LogP contribution in [-0.2, 0) is 9.59 Å². The van der Waals surface area contributed by atoms with E-state index in [-0.39, 0.29) is 15.9 Å². The fourth-order valence-electron chi connectivity index (χ4n) is 2.43. The first kappa shape index (κ1) is 21.3. The van der Waals surface area contributed by atoms with Gasteiger partial charge in [0.05, 0.1) is 15.5 Å². The van der Waals surface area contributed by atoms with Gasteiger partial charge in [-0.1, -0.05) is 23.9 Å². The molecule has 9 nitrogen and oxygen atoms in total. The van der Waals surface area contributed by atoms with Crippen LogP contribution in [0.4, 0.5) is 11.4 Å². The molecule has 0 spiro atoms. The molecule has 0 saturated carbocycles. The summed E-state index contributed by atoms with van der Waals surface area (Å²) in [5.41, 5.74) is 3.88. The number of thiocarbonyl (C=S) groups is 1. The van der Waals surface area contributed by atoms with Crippen molar-refractivity contribution in [1.29, 1.82) is 0 Å². The van der Waals surface area contributed by atoms with Gasteiger partial charge in [-0.2, -0.15) is 0 Å². The first-order valence-corrected chi connectivity index (χ1v) is 9.75. The summed E-state index contributed by atoms with van der Waals surface area (Å²) in [6.07, 6.45) is 0.610. The van der Waals surface area contributed by atoms with E-state index in [4.69, 9.17) is 22.1 Å². The maximum absolute atomic E-state index is 12.7. The third kappa shape index (κ3) is 4.93. The van der Waals surface area contributed by atoms with Crippen molar-refractivity contribution in [2.24, 2.45) is 0 Å². The van der Waals surface area contributed by atoms with Crippen LogP contribution in [0.2, 0.25) is 0 Å². The van der Waals surface area contributed by atoms with Crippen LogP contribution >= 0.6 is 24.0 Å². The van der Waals surface area contributed by atoms with E-state index in [1.165, 1.54) is 36.2 Å². The van der Waals surface area contributed by atoms with Crippen molar-refractivity contribution >= 4 is 57.6 Å². The van der Waals surface area contributed by atoms with Crippen molar-refractivity contribution in [3.8, 4) is 5.75 Å². The number of nitro benzene ring substituents is 1. The van der Waals surface area contributed by atoms with Gasteiger partial charge in [0, 0.05) is 12.1 Å². The molecule has 3 rings (SSSR count). The number of hydrogen-bond donors (Lipinski definition) is 2. The predicted octanol–water partition coefficient (Wildman–Crippen LogP) is 3.68. The van der Waals surface area contributed by atoms with Gasteiger partial charge in [-0.25, -0.2) is 9.80 Å². The number of carboxylic acid groups (broad SMARTS) is 1. The lowest BCUT2D eigenvalue weighted by molar-refractivity contribution is -0.384. The summed E-state index contributed by atoms with van der Waals surface area (Å²) in [7, 11) is 0. The first-order chi connectivity index (χ1) is 14.2. The zero-order valence-corrected chi connectivity index (χ0v) is 17.1. The van der Waals surface area contributed by atoms with Gasteiger partial charge in [-0.3, -0.25) is 20.3 Å². The molecule has 154 valence electrons. The zero-order valence-electron chi connectivity index (χ0n) is 15.5. The summed E-state index contributed by atoms with van der Waals surface area (Å²) in [6.45, 7) is 1.42. The van der Waals surface area contributed by atoms with E-state index in [9.17, 15) is 19.7 Å². The van der Waals surface area contributed by atoms with Crippen LogP contribution in [0, 0.1) is 10.1 Å². The van der Waals surface area contributed by atoms with Gasteiger partial charge in [0.1, 0.15) is 5.75 Å². The number of anilines is 1. The van der Waals surface area contributed by atoms with Crippen LogP contribution in [-0.4, -0.2) is 37.3 Å². The van der Waals surface area contributed by atoms with Crippen molar-refractivity contribution in [3.05, 3.63) is 69.1 Å². The Morgan fingerprint density at radius 3 is 2.67 bits per heavy atom. The molecule has 2 N–H and O–H groups in total. The second-order valence-corrected chi connectivity index (χ2v) is 7.78. The van der Waals surface area contributed by atoms with Crippen LogP contribution in [0.1, 0.15) is 12.5 Å². The maximum atomic E-state index is 12.7. The quantitative estimate of drug-likeness (QED) is 0.284. The van der Waals surface area contributed by atoms with Crippen LogP contribution in [0.25, 0.3) is 6.08 Å². The van der Waals surface area contributed by atoms with Crippen molar-refractivity contribution < 1.29 is 24.4 Å². The van der Waals surface area contributed by atoms with Crippen molar-refractivity contribution in [1.82, 2.24) is 5.01 Å². The Labute approximate surface area is 180 Å². The number of nitrogens with one attached hydrogen (secondary N) is 1. The van der Waals surface area contributed by atoms with Crippen LogP contribution in [0.5, 0.6) is 5.75 Å². The SMILES string of the molecule is CC(Oc1cccc(/C=C2/SC(=S)N(Nc3ccc([N+](=O)[O-])cc3)C2=O)c1)C(=O)O. The average Bonchev–Trinajstić information content (AvgIpc) is 2.96. The van der Waals surface area contributed by atoms with E-state index in [0.29, 0.717) is 21.9 Å². The van der Waals surface area contributed by atoms with Gasteiger partial charge >= 0.3 is 5.97 Å². The second kappa shape index (κ2) is 8.93. The van der Waals surface area contributed by atoms with Gasteiger partial charge in [0.2, 0.25) is 0 Å². The number of aliphatic carboxylic acids is 1. The summed E-state index contributed by atoms with van der Waals surface area (Å²) in [5.74, 6) is -1.11. The molecule has 1 saturated heterocycles. The highest BCUT2D eigenvalue weighted by Crippen LogP contribution is 2.33. The molecule has 2 aromatic rings. The summed E-state index contributed by atoms with van der Waals surface area (Å²) < 4.78 is 5.61. The molecular formula is C19H15N3O6S2. The van der Waals surface area contributed by atoms with E-state index in [2.05, 4.69) is 5.43 Å². The Morgan fingerprint density at radius 1 is 1.33 bits per heavy atom. The maximum Gasteiger partial charge on any atom is 0.344 e. The van der Waals surface area contributed by atoms with E-state index >= 15 is 0 Å². The Morgan fingerprint density at radius 2 is 2.03 bits per heavy atom. The van der Waals surface area contributed by atoms with E-state index < -0.39 is 17.0 Å². The van der Waals surface area contributed by atoms with Crippen LogP contribution in [0.3, 0.4) is 0 Å². The lowest BCUT2D eigenvalue weighted by Gasteiger charge is -2.16. The monoisotopic (exact) mass is 445 g/mol.